The highest BCUT2D eigenvalue weighted by Gasteiger charge is 2.14. The number of halogens is 1. The molecule has 0 N–H and O–H groups in total. The summed E-state index contributed by atoms with van der Waals surface area (Å²) in [5, 5.41) is 0. The van der Waals surface area contributed by atoms with Crippen LogP contribution in [0.25, 0.3) is 0 Å². The maximum Gasteiger partial charge on any atom is 0.256 e. The highest BCUT2D eigenvalue weighted by molar-refractivity contribution is 8.16. The molecule has 0 amide bonds. The molecule has 0 unspecified atom stereocenters. The molecular weight excluding hydrogens is 226 g/mol. The van der Waals surface area contributed by atoms with Crippen molar-refractivity contribution in [3.05, 3.63) is 11.5 Å². The van der Waals surface area contributed by atoms with Crippen molar-refractivity contribution < 1.29 is 13.2 Å². The van der Waals surface area contributed by atoms with Crippen molar-refractivity contribution in [3.8, 4) is 0 Å². The van der Waals surface area contributed by atoms with E-state index in [1.54, 1.807) is 0 Å². The van der Waals surface area contributed by atoms with E-state index in [1.165, 1.54) is 0 Å². The predicted molar refractivity (Wildman–Crippen MR) is 55.8 cm³/mol. The van der Waals surface area contributed by atoms with Crippen molar-refractivity contribution >= 4 is 19.7 Å². The second-order valence-electron chi connectivity index (χ2n) is 3.18. The van der Waals surface area contributed by atoms with Crippen molar-refractivity contribution in [1.29, 1.82) is 0 Å². The van der Waals surface area contributed by atoms with Gasteiger partial charge in [-0.15, -0.1) is 0 Å². The first-order valence-electron chi connectivity index (χ1n) is 4.42. The van der Waals surface area contributed by atoms with Crippen LogP contribution in [-0.4, -0.2) is 46.2 Å². The zero-order valence-electron chi connectivity index (χ0n) is 7.91. The van der Waals surface area contributed by atoms with Crippen LogP contribution in [-0.2, 0) is 13.8 Å². The van der Waals surface area contributed by atoms with E-state index in [1.807, 2.05) is 0 Å². The lowest BCUT2D eigenvalue weighted by molar-refractivity contribution is 0.0386. The molecule has 0 aliphatic carbocycles. The Kier molecular flexibility index (Phi) is 4.37. The molecule has 1 saturated heterocycles. The predicted octanol–water partition coefficient (Wildman–Crippen LogP) is 0.791. The lowest BCUT2D eigenvalue weighted by Gasteiger charge is -2.26. The summed E-state index contributed by atoms with van der Waals surface area (Å²) in [6.07, 6.45) is 0.395. The van der Waals surface area contributed by atoms with Gasteiger partial charge in [0.25, 0.3) is 9.05 Å². The molecule has 4 nitrogen and oxygen atoms in total. The fourth-order valence-electron chi connectivity index (χ4n) is 1.23. The number of morpholine rings is 1. The van der Waals surface area contributed by atoms with Gasteiger partial charge < -0.3 is 4.74 Å². The van der Waals surface area contributed by atoms with Crippen LogP contribution in [0.3, 0.4) is 0 Å². The molecule has 0 spiro atoms. The van der Waals surface area contributed by atoms with Crippen molar-refractivity contribution in [2.45, 2.75) is 6.42 Å². The molecule has 0 radical (unpaired) electrons. The molecule has 14 heavy (non-hydrogen) atoms. The van der Waals surface area contributed by atoms with Crippen LogP contribution >= 0.6 is 10.7 Å². The summed E-state index contributed by atoms with van der Waals surface area (Å²) < 4.78 is 26.8. The second-order valence-corrected chi connectivity index (χ2v) is 5.85. The third-order valence-corrected chi connectivity index (χ3v) is 3.70. The van der Waals surface area contributed by atoms with E-state index in [4.69, 9.17) is 15.4 Å². The van der Waals surface area contributed by atoms with E-state index < -0.39 is 9.05 Å². The van der Waals surface area contributed by atoms with Crippen LogP contribution in [0.5, 0.6) is 0 Å². The minimum absolute atomic E-state index is 0.0886. The van der Waals surface area contributed by atoms with Gasteiger partial charge >= 0.3 is 0 Å². The first-order chi connectivity index (χ1) is 6.50. The minimum atomic E-state index is -3.58. The Balaban J connectivity index is 2.29. The van der Waals surface area contributed by atoms with Gasteiger partial charge in [0.05, 0.1) is 18.1 Å². The fraction of sp³-hybridized carbons (Fsp3) is 0.750. The Bertz CT molecular complexity index is 296. The molecule has 1 aliphatic heterocycles. The minimum Gasteiger partial charge on any atom is -0.379 e. The van der Waals surface area contributed by atoms with Crippen molar-refractivity contribution in [3.63, 3.8) is 0 Å². The first-order valence-corrected chi connectivity index (χ1v) is 6.73. The normalized spacial score (nSPS) is 19.5. The lowest BCUT2D eigenvalue weighted by atomic mass is 10.3. The van der Waals surface area contributed by atoms with Gasteiger partial charge in [0.15, 0.2) is 0 Å². The molecule has 0 aromatic rings. The lowest BCUT2D eigenvalue weighted by Crippen LogP contribution is -2.37. The molecule has 1 fully saturated rings. The molecule has 0 aromatic carbocycles. The van der Waals surface area contributed by atoms with E-state index in [9.17, 15) is 8.42 Å². The van der Waals surface area contributed by atoms with Crippen LogP contribution in [0.15, 0.2) is 11.5 Å². The van der Waals surface area contributed by atoms with Gasteiger partial charge in [-0.3, -0.25) is 4.90 Å². The number of nitrogens with zero attached hydrogens (tertiary/aromatic N) is 1. The number of rotatable bonds is 4. The van der Waals surface area contributed by atoms with Crippen LogP contribution in [0.1, 0.15) is 6.42 Å². The summed E-state index contributed by atoms with van der Waals surface area (Å²) in [5.74, 6) is 0. The standard InChI is InChI=1S/C8H14ClNO3S/c1-8(14(9,11)12)2-3-10-4-6-13-7-5-10/h1-7H2. The molecule has 1 aliphatic rings. The Morgan fingerprint density at radius 2 is 2.00 bits per heavy atom. The molecule has 0 saturated carbocycles. The Labute approximate surface area is 88.9 Å². The molecule has 1 rings (SSSR count). The maximum atomic E-state index is 10.8. The molecule has 1 heterocycles. The average molecular weight is 240 g/mol. The molecular formula is C8H14ClNO3S. The summed E-state index contributed by atoms with van der Waals surface area (Å²) in [5.41, 5.74) is 0. The van der Waals surface area contributed by atoms with Crippen LogP contribution in [0, 0.1) is 0 Å². The highest BCUT2D eigenvalue weighted by Crippen LogP contribution is 2.14. The SMILES string of the molecule is C=C(CCN1CCOCC1)S(=O)(=O)Cl. The summed E-state index contributed by atoms with van der Waals surface area (Å²) >= 11 is 0. The molecule has 0 aromatic heterocycles. The smallest absolute Gasteiger partial charge is 0.256 e. The molecule has 0 atom stereocenters. The van der Waals surface area contributed by atoms with Crippen LogP contribution in [0.4, 0.5) is 0 Å². The third kappa shape index (κ3) is 3.96. The van der Waals surface area contributed by atoms with Gasteiger partial charge in [-0.1, -0.05) is 6.58 Å². The average Bonchev–Trinajstić information content (AvgIpc) is 2.14. The Hall–Kier alpha value is -0.100. The third-order valence-electron chi connectivity index (χ3n) is 2.16. The topological polar surface area (TPSA) is 46.6 Å². The summed E-state index contributed by atoms with van der Waals surface area (Å²) in [4.78, 5) is 2.22. The fourth-order valence-corrected chi connectivity index (χ4v) is 1.80. The monoisotopic (exact) mass is 239 g/mol. The van der Waals surface area contributed by atoms with E-state index >= 15 is 0 Å². The van der Waals surface area contributed by atoms with E-state index in [0.29, 0.717) is 26.2 Å². The Morgan fingerprint density at radius 1 is 1.43 bits per heavy atom. The van der Waals surface area contributed by atoms with Gasteiger partial charge in [0.2, 0.25) is 0 Å². The zero-order valence-corrected chi connectivity index (χ0v) is 9.48. The Morgan fingerprint density at radius 3 is 2.50 bits per heavy atom. The quantitative estimate of drug-likeness (QED) is 0.681. The van der Waals surface area contributed by atoms with Crippen molar-refractivity contribution in [2.75, 3.05) is 32.8 Å². The van der Waals surface area contributed by atoms with Crippen LogP contribution in [0.2, 0.25) is 0 Å². The van der Waals surface area contributed by atoms with E-state index in [-0.39, 0.29) is 4.91 Å². The molecule has 82 valence electrons. The summed E-state index contributed by atoms with van der Waals surface area (Å²) in [6, 6.07) is 0. The number of ether oxygens (including phenoxy) is 1. The highest BCUT2D eigenvalue weighted by atomic mass is 35.7. The maximum absolute atomic E-state index is 10.8. The van der Waals surface area contributed by atoms with E-state index in [0.717, 1.165) is 13.1 Å². The summed E-state index contributed by atoms with van der Waals surface area (Å²) in [6.45, 7) is 7.21. The largest absolute Gasteiger partial charge is 0.379 e. The van der Waals surface area contributed by atoms with Crippen molar-refractivity contribution in [2.24, 2.45) is 0 Å². The first kappa shape index (κ1) is 12.0. The van der Waals surface area contributed by atoms with Crippen LogP contribution < -0.4 is 0 Å². The van der Waals surface area contributed by atoms with Gasteiger partial charge in [0, 0.05) is 30.3 Å². The van der Waals surface area contributed by atoms with Gasteiger partial charge in [-0.25, -0.2) is 8.42 Å². The number of hydrogen-bond donors (Lipinski definition) is 0. The summed E-state index contributed by atoms with van der Waals surface area (Å²) in [7, 11) is 1.55. The molecule has 0 bridgehead atoms. The van der Waals surface area contributed by atoms with Gasteiger partial charge in [0.1, 0.15) is 0 Å². The zero-order chi connectivity index (χ0) is 10.6. The number of hydrogen-bond acceptors (Lipinski definition) is 4. The molecule has 6 heteroatoms. The second kappa shape index (κ2) is 5.11. The van der Waals surface area contributed by atoms with E-state index in [2.05, 4.69) is 11.5 Å². The van der Waals surface area contributed by atoms with Crippen molar-refractivity contribution in [1.82, 2.24) is 4.90 Å². The van der Waals surface area contributed by atoms with Gasteiger partial charge in [-0.2, -0.15) is 0 Å². The van der Waals surface area contributed by atoms with Gasteiger partial charge in [-0.05, 0) is 6.42 Å².